The maximum Gasteiger partial charge on any atom is 0.409 e. The summed E-state index contributed by atoms with van der Waals surface area (Å²) in [6, 6.07) is 0. The third-order valence-corrected chi connectivity index (χ3v) is 2.18. The van der Waals surface area contributed by atoms with Crippen LogP contribution in [0.4, 0.5) is 4.79 Å². The highest BCUT2D eigenvalue weighted by molar-refractivity contribution is 5.69. The second-order valence-electron chi connectivity index (χ2n) is 3.23. The van der Waals surface area contributed by atoms with Gasteiger partial charge in [0, 0.05) is 26.2 Å². The van der Waals surface area contributed by atoms with Crippen molar-refractivity contribution < 1.29 is 19.0 Å². The first-order valence-corrected chi connectivity index (χ1v) is 5.42. The highest BCUT2D eigenvalue weighted by Gasteiger charge is 2.22. The number of carbonyl (C=O) groups is 1. The van der Waals surface area contributed by atoms with Crippen molar-refractivity contribution in [3.05, 3.63) is 0 Å². The third-order valence-electron chi connectivity index (χ3n) is 2.18. The van der Waals surface area contributed by atoms with Crippen molar-refractivity contribution >= 4 is 6.09 Å². The van der Waals surface area contributed by atoms with Crippen LogP contribution in [0.5, 0.6) is 0 Å². The fourth-order valence-corrected chi connectivity index (χ4v) is 1.48. The van der Waals surface area contributed by atoms with E-state index in [2.05, 4.69) is 0 Å². The maximum absolute atomic E-state index is 11.1. The Morgan fingerprint density at radius 2 is 2.07 bits per heavy atom. The number of nitrogens with zero attached hydrogens (tertiary/aromatic N) is 1. The zero-order valence-corrected chi connectivity index (χ0v) is 9.40. The molecule has 0 aromatic rings. The summed E-state index contributed by atoms with van der Waals surface area (Å²) in [4.78, 5) is 12.8. The first kappa shape index (κ1) is 12.3. The van der Waals surface area contributed by atoms with E-state index >= 15 is 0 Å². The predicted octanol–water partition coefficient (Wildman–Crippen LogP) is 1.23. The monoisotopic (exact) mass is 217 g/mol. The van der Waals surface area contributed by atoms with Gasteiger partial charge < -0.3 is 19.1 Å². The van der Waals surface area contributed by atoms with Gasteiger partial charge in [-0.25, -0.2) is 4.79 Å². The molecule has 0 spiro atoms. The zero-order chi connectivity index (χ0) is 11.1. The first-order valence-electron chi connectivity index (χ1n) is 5.42. The molecule has 0 saturated carbocycles. The Balaban J connectivity index is 2.22. The number of carbonyl (C=O) groups excluding carboxylic acids is 1. The minimum absolute atomic E-state index is 0.214. The molecule has 1 aliphatic heterocycles. The van der Waals surface area contributed by atoms with Gasteiger partial charge in [-0.2, -0.15) is 0 Å². The molecule has 5 heteroatoms. The number of amides is 1. The smallest absolute Gasteiger partial charge is 0.409 e. The lowest BCUT2D eigenvalue weighted by Crippen LogP contribution is -2.30. The van der Waals surface area contributed by atoms with Crippen molar-refractivity contribution in [3.8, 4) is 0 Å². The molecule has 1 fully saturated rings. The second-order valence-corrected chi connectivity index (χ2v) is 3.23. The number of hydrogen-bond acceptors (Lipinski definition) is 4. The van der Waals surface area contributed by atoms with E-state index in [4.69, 9.17) is 14.2 Å². The number of ether oxygens (including phenoxy) is 3. The zero-order valence-electron chi connectivity index (χ0n) is 9.40. The molecule has 88 valence electrons. The summed E-state index contributed by atoms with van der Waals surface area (Å²) in [5, 5.41) is 0. The van der Waals surface area contributed by atoms with Crippen LogP contribution in [0.2, 0.25) is 0 Å². The average molecular weight is 217 g/mol. The summed E-state index contributed by atoms with van der Waals surface area (Å²) < 4.78 is 15.6. The van der Waals surface area contributed by atoms with Crippen LogP contribution in [0, 0.1) is 0 Å². The van der Waals surface area contributed by atoms with Gasteiger partial charge in [-0.05, 0) is 13.8 Å². The van der Waals surface area contributed by atoms with Gasteiger partial charge in [-0.3, -0.25) is 0 Å². The fourth-order valence-electron chi connectivity index (χ4n) is 1.48. The highest BCUT2D eigenvalue weighted by atomic mass is 16.7. The molecule has 5 nitrogen and oxygen atoms in total. The first-order chi connectivity index (χ1) is 7.27. The van der Waals surface area contributed by atoms with Crippen LogP contribution in [-0.4, -0.2) is 50.2 Å². The lowest BCUT2D eigenvalue weighted by atomic mass is 10.4. The molecule has 0 bridgehead atoms. The van der Waals surface area contributed by atoms with E-state index in [1.807, 2.05) is 13.8 Å². The molecule has 0 N–H and O–H groups in total. The van der Waals surface area contributed by atoms with E-state index in [9.17, 15) is 4.79 Å². The van der Waals surface area contributed by atoms with Crippen LogP contribution < -0.4 is 0 Å². The molecular formula is C10H19NO4. The largest absolute Gasteiger partial charge is 0.448 e. The van der Waals surface area contributed by atoms with Crippen molar-refractivity contribution in [1.82, 2.24) is 4.90 Å². The SMILES string of the molecule is CCOC(CCN1CCOC1=O)OCC. The maximum atomic E-state index is 11.1. The van der Waals surface area contributed by atoms with Crippen LogP contribution in [0.15, 0.2) is 0 Å². The van der Waals surface area contributed by atoms with E-state index in [0.717, 1.165) is 0 Å². The second kappa shape index (κ2) is 6.63. The molecule has 1 heterocycles. The standard InChI is InChI=1S/C10H19NO4/c1-3-13-9(14-4-2)5-6-11-7-8-15-10(11)12/h9H,3-8H2,1-2H3. The highest BCUT2D eigenvalue weighted by Crippen LogP contribution is 2.08. The quantitative estimate of drug-likeness (QED) is 0.602. The normalized spacial score (nSPS) is 16.2. The van der Waals surface area contributed by atoms with Crippen LogP contribution in [0.25, 0.3) is 0 Å². The Kier molecular flexibility index (Phi) is 5.42. The molecule has 0 aliphatic carbocycles. The van der Waals surface area contributed by atoms with Gasteiger partial charge in [-0.15, -0.1) is 0 Å². The Morgan fingerprint density at radius 3 is 2.53 bits per heavy atom. The van der Waals surface area contributed by atoms with Gasteiger partial charge >= 0.3 is 6.09 Å². The molecule has 1 amide bonds. The molecule has 0 unspecified atom stereocenters. The summed E-state index contributed by atoms with van der Waals surface area (Å²) in [6.45, 7) is 6.89. The van der Waals surface area contributed by atoms with E-state index in [1.165, 1.54) is 0 Å². The molecule has 1 rings (SSSR count). The number of hydrogen-bond donors (Lipinski definition) is 0. The van der Waals surface area contributed by atoms with Crippen LogP contribution in [-0.2, 0) is 14.2 Å². The molecule has 1 saturated heterocycles. The summed E-state index contributed by atoms with van der Waals surface area (Å²) in [5.41, 5.74) is 0. The summed E-state index contributed by atoms with van der Waals surface area (Å²) in [7, 11) is 0. The summed E-state index contributed by atoms with van der Waals surface area (Å²) >= 11 is 0. The Hall–Kier alpha value is -0.810. The lowest BCUT2D eigenvalue weighted by molar-refractivity contribution is -0.140. The predicted molar refractivity (Wildman–Crippen MR) is 54.6 cm³/mol. The lowest BCUT2D eigenvalue weighted by Gasteiger charge is -2.19. The van der Waals surface area contributed by atoms with Crippen LogP contribution in [0.1, 0.15) is 20.3 Å². The molecular weight excluding hydrogens is 198 g/mol. The Morgan fingerprint density at radius 1 is 1.40 bits per heavy atom. The third kappa shape index (κ3) is 4.05. The van der Waals surface area contributed by atoms with Gasteiger partial charge in [0.1, 0.15) is 6.61 Å². The van der Waals surface area contributed by atoms with E-state index in [-0.39, 0.29) is 12.4 Å². The minimum atomic E-state index is -0.234. The van der Waals surface area contributed by atoms with Crippen LogP contribution in [0.3, 0.4) is 0 Å². The van der Waals surface area contributed by atoms with Crippen LogP contribution >= 0.6 is 0 Å². The molecule has 15 heavy (non-hydrogen) atoms. The van der Waals surface area contributed by atoms with Crippen molar-refractivity contribution in [2.24, 2.45) is 0 Å². The number of cyclic esters (lactones) is 1. The summed E-state index contributed by atoms with van der Waals surface area (Å²) in [6.07, 6.45) is 0.242. The fraction of sp³-hybridized carbons (Fsp3) is 0.900. The molecule has 1 aliphatic rings. The van der Waals surface area contributed by atoms with Gasteiger partial charge in [0.15, 0.2) is 6.29 Å². The van der Waals surface area contributed by atoms with Gasteiger partial charge in [0.2, 0.25) is 0 Å². The van der Waals surface area contributed by atoms with Gasteiger partial charge in [-0.1, -0.05) is 0 Å². The topological polar surface area (TPSA) is 48.0 Å². The average Bonchev–Trinajstić information content (AvgIpc) is 2.61. The molecule has 0 radical (unpaired) electrons. The Labute approximate surface area is 90.3 Å². The van der Waals surface area contributed by atoms with E-state index in [0.29, 0.717) is 39.3 Å². The van der Waals surface area contributed by atoms with Crippen molar-refractivity contribution in [3.63, 3.8) is 0 Å². The van der Waals surface area contributed by atoms with E-state index < -0.39 is 0 Å². The molecule has 0 atom stereocenters. The summed E-state index contributed by atoms with van der Waals surface area (Å²) in [5.74, 6) is 0. The van der Waals surface area contributed by atoms with Crippen molar-refractivity contribution in [1.29, 1.82) is 0 Å². The molecule has 0 aromatic carbocycles. The number of rotatable bonds is 7. The molecule has 0 aromatic heterocycles. The Bertz CT molecular complexity index is 192. The van der Waals surface area contributed by atoms with E-state index in [1.54, 1.807) is 4.90 Å². The van der Waals surface area contributed by atoms with Crippen molar-refractivity contribution in [2.45, 2.75) is 26.6 Å². The van der Waals surface area contributed by atoms with Gasteiger partial charge in [0.05, 0.1) is 6.54 Å². The van der Waals surface area contributed by atoms with Gasteiger partial charge in [0.25, 0.3) is 0 Å². The van der Waals surface area contributed by atoms with Crippen molar-refractivity contribution in [2.75, 3.05) is 32.9 Å². The minimum Gasteiger partial charge on any atom is -0.448 e.